The zero-order valence-electron chi connectivity index (χ0n) is 13.5. The van der Waals surface area contributed by atoms with Gasteiger partial charge in [-0.05, 0) is 55.0 Å². The third kappa shape index (κ3) is 4.50. The molecule has 1 aliphatic carbocycles. The molecule has 1 aromatic carbocycles. The van der Waals surface area contributed by atoms with Gasteiger partial charge in [-0.15, -0.1) is 11.3 Å². The van der Waals surface area contributed by atoms with Crippen molar-refractivity contribution in [2.45, 2.75) is 38.9 Å². The fourth-order valence-corrected chi connectivity index (χ4v) is 3.80. The van der Waals surface area contributed by atoms with Crippen molar-refractivity contribution in [2.75, 3.05) is 6.61 Å². The van der Waals surface area contributed by atoms with Gasteiger partial charge in [0.25, 0.3) is 0 Å². The molecule has 1 aromatic heterocycles. The first-order valence-corrected chi connectivity index (χ1v) is 9.18. The zero-order valence-corrected chi connectivity index (χ0v) is 15.1. The molecule has 0 amide bonds. The van der Waals surface area contributed by atoms with E-state index in [1.807, 2.05) is 6.07 Å². The van der Waals surface area contributed by atoms with Crippen LogP contribution in [0.3, 0.4) is 0 Å². The minimum Gasteiger partial charge on any atom is -0.482 e. The van der Waals surface area contributed by atoms with E-state index < -0.39 is 5.97 Å². The Balaban J connectivity index is 1.77. The van der Waals surface area contributed by atoms with E-state index >= 15 is 0 Å². The fraction of sp³-hybridized carbons (Fsp3) is 0.389. The van der Waals surface area contributed by atoms with Crippen molar-refractivity contribution in [3.8, 4) is 5.75 Å². The largest absolute Gasteiger partial charge is 0.482 e. The summed E-state index contributed by atoms with van der Waals surface area (Å²) >= 11 is 7.92. The predicted octanol–water partition coefficient (Wildman–Crippen LogP) is 4.34. The third-order valence-electron chi connectivity index (χ3n) is 4.13. The second-order valence-corrected chi connectivity index (χ2v) is 7.53. The first-order chi connectivity index (χ1) is 11.5. The van der Waals surface area contributed by atoms with Gasteiger partial charge in [0.15, 0.2) is 6.61 Å². The standard InChI is InChI=1S/C18H20ClNO3S/c1-12-6-7-24-17(12)10-20(15-3-4-15)9-13-8-14(19)2-5-16(13)23-11-18(21)22/h2,5-8,15H,3-4,9-11H2,1H3,(H,21,22). The number of nitrogens with zero attached hydrogens (tertiary/aromatic N) is 1. The Hall–Kier alpha value is -1.56. The molecule has 0 bridgehead atoms. The summed E-state index contributed by atoms with van der Waals surface area (Å²) in [5.74, 6) is -0.389. The summed E-state index contributed by atoms with van der Waals surface area (Å²) in [4.78, 5) is 14.6. The van der Waals surface area contributed by atoms with E-state index in [0.717, 1.165) is 12.1 Å². The van der Waals surface area contributed by atoms with Crippen LogP contribution < -0.4 is 4.74 Å². The highest BCUT2D eigenvalue weighted by Gasteiger charge is 2.30. The minimum absolute atomic E-state index is 0.345. The summed E-state index contributed by atoms with van der Waals surface area (Å²) in [7, 11) is 0. The number of ether oxygens (including phenoxy) is 1. The number of aryl methyl sites for hydroxylation is 1. The van der Waals surface area contributed by atoms with Crippen LogP contribution in [0.2, 0.25) is 5.02 Å². The first kappa shape index (κ1) is 17.3. The van der Waals surface area contributed by atoms with E-state index in [1.165, 1.54) is 23.3 Å². The maximum absolute atomic E-state index is 10.8. The van der Waals surface area contributed by atoms with E-state index in [2.05, 4.69) is 23.3 Å². The fourth-order valence-electron chi connectivity index (χ4n) is 2.68. The monoisotopic (exact) mass is 365 g/mol. The SMILES string of the molecule is Cc1ccsc1CN(Cc1cc(Cl)ccc1OCC(=O)O)C1CC1. The van der Waals surface area contributed by atoms with Gasteiger partial charge >= 0.3 is 5.97 Å². The number of hydrogen-bond acceptors (Lipinski definition) is 4. The molecule has 1 heterocycles. The molecule has 3 rings (SSSR count). The molecule has 6 heteroatoms. The molecular weight excluding hydrogens is 346 g/mol. The van der Waals surface area contributed by atoms with Gasteiger partial charge in [0.05, 0.1) is 0 Å². The maximum atomic E-state index is 10.8. The van der Waals surface area contributed by atoms with Gasteiger partial charge in [-0.3, -0.25) is 4.90 Å². The molecule has 1 N–H and O–H groups in total. The lowest BCUT2D eigenvalue weighted by atomic mass is 10.1. The van der Waals surface area contributed by atoms with E-state index in [-0.39, 0.29) is 6.61 Å². The Labute approximate surface area is 150 Å². The molecule has 0 saturated heterocycles. The van der Waals surface area contributed by atoms with Crippen LogP contribution in [-0.4, -0.2) is 28.6 Å². The van der Waals surface area contributed by atoms with Gasteiger partial charge in [0, 0.05) is 34.6 Å². The van der Waals surface area contributed by atoms with Crippen LogP contribution in [0.4, 0.5) is 0 Å². The smallest absolute Gasteiger partial charge is 0.341 e. The summed E-state index contributed by atoms with van der Waals surface area (Å²) in [6.45, 7) is 3.40. The Morgan fingerprint density at radius 2 is 2.17 bits per heavy atom. The highest BCUT2D eigenvalue weighted by molar-refractivity contribution is 7.10. The van der Waals surface area contributed by atoms with E-state index in [9.17, 15) is 4.79 Å². The van der Waals surface area contributed by atoms with Crippen molar-refractivity contribution >= 4 is 28.9 Å². The molecule has 0 radical (unpaired) electrons. The molecule has 0 aliphatic heterocycles. The van der Waals surface area contributed by atoms with E-state index in [0.29, 0.717) is 23.4 Å². The Bertz CT molecular complexity index is 727. The molecule has 24 heavy (non-hydrogen) atoms. The number of rotatable bonds is 8. The average Bonchev–Trinajstić information content (AvgIpc) is 3.30. The molecule has 128 valence electrons. The van der Waals surface area contributed by atoms with E-state index in [1.54, 1.807) is 23.5 Å². The lowest BCUT2D eigenvalue weighted by Crippen LogP contribution is -2.25. The highest BCUT2D eigenvalue weighted by atomic mass is 35.5. The number of thiophene rings is 1. The van der Waals surface area contributed by atoms with Gasteiger partial charge < -0.3 is 9.84 Å². The van der Waals surface area contributed by atoms with Gasteiger partial charge in [-0.2, -0.15) is 0 Å². The van der Waals surface area contributed by atoms with Crippen LogP contribution in [0.25, 0.3) is 0 Å². The number of carboxylic acids is 1. The summed E-state index contributed by atoms with van der Waals surface area (Å²) in [5, 5.41) is 11.6. The average molecular weight is 366 g/mol. The summed E-state index contributed by atoms with van der Waals surface area (Å²) in [5.41, 5.74) is 2.25. The third-order valence-corrected chi connectivity index (χ3v) is 5.37. The van der Waals surface area contributed by atoms with Crippen molar-refractivity contribution < 1.29 is 14.6 Å². The van der Waals surface area contributed by atoms with Gasteiger partial charge in [0.2, 0.25) is 0 Å². The first-order valence-electron chi connectivity index (χ1n) is 7.93. The quantitative estimate of drug-likeness (QED) is 0.756. The van der Waals surface area contributed by atoms with Crippen LogP contribution in [-0.2, 0) is 17.9 Å². The number of carboxylic acid groups (broad SMARTS) is 1. The lowest BCUT2D eigenvalue weighted by molar-refractivity contribution is -0.139. The normalized spacial score (nSPS) is 14.1. The Morgan fingerprint density at radius 3 is 2.79 bits per heavy atom. The lowest BCUT2D eigenvalue weighted by Gasteiger charge is -2.23. The molecule has 0 unspecified atom stereocenters. The van der Waals surface area contributed by atoms with Crippen LogP contribution in [0.5, 0.6) is 5.75 Å². The van der Waals surface area contributed by atoms with Crippen LogP contribution in [0.15, 0.2) is 29.6 Å². The van der Waals surface area contributed by atoms with Crippen LogP contribution in [0.1, 0.15) is 28.8 Å². The van der Waals surface area contributed by atoms with Gasteiger partial charge in [-0.25, -0.2) is 4.79 Å². The molecule has 4 nitrogen and oxygen atoms in total. The zero-order chi connectivity index (χ0) is 17.1. The van der Waals surface area contributed by atoms with Crippen molar-refractivity contribution in [3.05, 3.63) is 50.7 Å². The van der Waals surface area contributed by atoms with Crippen LogP contribution in [0, 0.1) is 6.92 Å². The topological polar surface area (TPSA) is 49.8 Å². The van der Waals surface area contributed by atoms with Crippen molar-refractivity contribution in [1.82, 2.24) is 4.90 Å². The number of hydrogen-bond donors (Lipinski definition) is 1. The molecule has 0 atom stereocenters. The van der Waals surface area contributed by atoms with Crippen LogP contribution >= 0.6 is 22.9 Å². The Morgan fingerprint density at radius 1 is 1.38 bits per heavy atom. The predicted molar refractivity (Wildman–Crippen MR) is 95.9 cm³/mol. The highest BCUT2D eigenvalue weighted by Crippen LogP contribution is 2.33. The number of benzene rings is 1. The molecule has 1 aliphatic rings. The summed E-state index contributed by atoms with van der Waals surface area (Å²) in [6, 6.07) is 8.08. The summed E-state index contributed by atoms with van der Waals surface area (Å²) in [6.07, 6.45) is 2.41. The molecule has 1 saturated carbocycles. The number of aliphatic carboxylic acids is 1. The van der Waals surface area contributed by atoms with Crippen molar-refractivity contribution in [3.63, 3.8) is 0 Å². The molecule has 0 spiro atoms. The second-order valence-electron chi connectivity index (χ2n) is 6.10. The van der Waals surface area contributed by atoms with Crippen molar-refractivity contribution in [1.29, 1.82) is 0 Å². The molecular formula is C18H20ClNO3S. The Kier molecular flexibility index (Phi) is 5.43. The maximum Gasteiger partial charge on any atom is 0.341 e. The van der Waals surface area contributed by atoms with Crippen molar-refractivity contribution in [2.24, 2.45) is 0 Å². The molecule has 1 fully saturated rings. The number of carbonyl (C=O) groups is 1. The van der Waals surface area contributed by atoms with Gasteiger partial charge in [-0.1, -0.05) is 11.6 Å². The summed E-state index contributed by atoms with van der Waals surface area (Å²) < 4.78 is 5.43. The number of halogens is 1. The minimum atomic E-state index is -0.982. The van der Waals surface area contributed by atoms with Gasteiger partial charge in [0.1, 0.15) is 5.75 Å². The second kappa shape index (κ2) is 7.55. The van der Waals surface area contributed by atoms with E-state index in [4.69, 9.17) is 21.4 Å². The molecule has 2 aromatic rings.